The van der Waals surface area contributed by atoms with E-state index >= 15 is 0 Å². The van der Waals surface area contributed by atoms with Crippen LogP contribution in [0, 0.1) is 0 Å². The first kappa shape index (κ1) is 22.2. The van der Waals surface area contributed by atoms with Crippen molar-refractivity contribution in [1.29, 1.82) is 0 Å². The van der Waals surface area contributed by atoms with Crippen molar-refractivity contribution in [3.63, 3.8) is 0 Å². The molecule has 0 saturated carbocycles. The van der Waals surface area contributed by atoms with Crippen molar-refractivity contribution in [3.8, 4) is 28.1 Å². The number of carbonyl (C=O) groups excluding carboxylic acids is 1. The molecule has 1 N–H and O–H groups in total. The highest BCUT2D eigenvalue weighted by molar-refractivity contribution is 6.16. The first-order valence-electron chi connectivity index (χ1n) is 12.1. The Hall–Kier alpha value is -4.23. The molecule has 5 aromatic rings. The van der Waals surface area contributed by atoms with E-state index in [1.807, 2.05) is 65.8 Å². The van der Waals surface area contributed by atoms with Crippen molar-refractivity contribution < 1.29 is 9.53 Å². The second-order valence-corrected chi connectivity index (χ2v) is 9.22. The molecule has 0 atom stereocenters. The van der Waals surface area contributed by atoms with Crippen LogP contribution in [0.3, 0.4) is 0 Å². The van der Waals surface area contributed by atoms with Gasteiger partial charge in [0.05, 0.1) is 24.5 Å². The minimum Gasteiger partial charge on any atom is -0.496 e. The van der Waals surface area contributed by atoms with Crippen molar-refractivity contribution in [2.45, 2.75) is 0 Å². The SMILES string of the molecule is COc1ccc2[nH]c3cnc(-c4cccnc4)cc3c2c1-c1ccc(C(=O)N2CCN(C)CC2)cc1. The number of carbonyl (C=O) groups is 1. The van der Waals surface area contributed by atoms with Crippen molar-refractivity contribution in [2.75, 3.05) is 40.3 Å². The summed E-state index contributed by atoms with van der Waals surface area (Å²) in [5.41, 5.74) is 6.47. The lowest BCUT2D eigenvalue weighted by Crippen LogP contribution is -2.47. The Morgan fingerprint density at radius 3 is 2.47 bits per heavy atom. The van der Waals surface area contributed by atoms with E-state index in [-0.39, 0.29) is 5.91 Å². The molecule has 1 aliphatic heterocycles. The third-order valence-corrected chi connectivity index (χ3v) is 7.00. The lowest BCUT2D eigenvalue weighted by molar-refractivity contribution is 0.0664. The number of rotatable bonds is 4. The minimum atomic E-state index is 0.0825. The average Bonchev–Trinajstić information content (AvgIpc) is 3.31. The van der Waals surface area contributed by atoms with Crippen molar-refractivity contribution in [3.05, 3.63) is 78.8 Å². The first-order chi connectivity index (χ1) is 17.6. The standard InChI is InChI=1S/C29H27N5O2/c1-33-12-14-34(15-13-33)29(35)20-7-5-19(6-8-20)27-26(36-2)10-9-23-28(27)22-16-24(31-18-25(22)32-23)21-4-3-11-30-17-21/h3-11,16-18,32H,12-15H2,1-2H3. The topological polar surface area (TPSA) is 74.3 Å². The third-order valence-electron chi connectivity index (χ3n) is 7.00. The molecule has 6 rings (SSSR count). The maximum Gasteiger partial charge on any atom is 0.253 e. The molecule has 1 aliphatic rings. The van der Waals surface area contributed by atoms with Crippen LogP contribution in [0.25, 0.3) is 44.2 Å². The highest BCUT2D eigenvalue weighted by Crippen LogP contribution is 2.41. The Bertz CT molecular complexity index is 1550. The summed E-state index contributed by atoms with van der Waals surface area (Å²) in [5.74, 6) is 0.861. The molecule has 1 fully saturated rings. The van der Waals surface area contributed by atoms with Crippen LogP contribution in [-0.2, 0) is 0 Å². The molecule has 1 amide bonds. The summed E-state index contributed by atoms with van der Waals surface area (Å²) in [6, 6.07) is 17.9. The lowest BCUT2D eigenvalue weighted by Gasteiger charge is -2.32. The van der Waals surface area contributed by atoms with Gasteiger partial charge in [0.1, 0.15) is 5.75 Å². The highest BCUT2D eigenvalue weighted by atomic mass is 16.5. The van der Waals surface area contributed by atoms with E-state index in [0.717, 1.165) is 76.1 Å². The number of nitrogens with zero attached hydrogens (tertiary/aromatic N) is 4. The van der Waals surface area contributed by atoms with Crippen LogP contribution >= 0.6 is 0 Å². The zero-order valence-electron chi connectivity index (χ0n) is 20.4. The fraction of sp³-hybridized carbons (Fsp3) is 0.207. The number of nitrogens with one attached hydrogen (secondary N) is 1. The van der Waals surface area contributed by atoms with Gasteiger partial charge in [-0.2, -0.15) is 0 Å². The third kappa shape index (κ3) is 3.87. The largest absolute Gasteiger partial charge is 0.496 e. The Kier molecular flexibility index (Phi) is 5.62. The molecule has 36 heavy (non-hydrogen) atoms. The fourth-order valence-electron chi connectivity index (χ4n) is 4.97. The summed E-state index contributed by atoms with van der Waals surface area (Å²) in [6.07, 6.45) is 5.45. The Morgan fingerprint density at radius 2 is 1.75 bits per heavy atom. The number of amides is 1. The number of pyridine rings is 2. The van der Waals surface area contributed by atoms with Gasteiger partial charge in [0.25, 0.3) is 5.91 Å². The van der Waals surface area contributed by atoms with Gasteiger partial charge in [0, 0.05) is 71.6 Å². The molecule has 7 nitrogen and oxygen atoms in total. The Balaban J connectivity index is 1.45. The number of H-pyrrole nitrogens is 1. The van der Waals surface area contributed by atoms with Crippen LogP contribution in [0.5, 0.6) is 5.75 Å². The predicted molar refractivity (Wildman–Crippen MR) is 142 cm³/mol. The predicted octanol–water partition coefficient (Wildman–Crippen LogP) is 4.84. The highest BCUT2D eigenvalue weighted by Gasteiger charge is 2.21. The quantitative estimate of drug-likeness (QED) is 0.401. The first-order valence-corrected chi connectivity index (χ1v) is 12.1. The van der Waals surface area contributed by atoms with Gasteiger partial charge in [-0.1, -0.05) is 12.1 Å². The van der Waals surface area contributed by atoms with E-state index in [9.17, 15) is 4.79 Å². The van der Waals surface area contributed by atoms with Crippen LogP contribution < -0.4 is 4.74 Å². The van der Waals surface area contributed by atoms with Crippen LogP contribution in [0.1, 0.15) is 10.4 Å². The number of aromatic amines is 1. The van der Waals surface area contributed by atoms with Gasteiger partial charge < -0.3 is 19.5 Å². The summed E-state index contributed by atoms with van der Waals surface area (Å²) in [6.45, 7) is 3.32. The normalized spacial score (nSPS) is 14.4. The zero-order valence-corrected chi connectivity index (χ0v) is 20.4. The molecular formula is C29H27N5O2. The molecule has 0 aliphatic carbocycles. The number of ether oxygens (including phenoxy) is 1. The maximum atomic E-state index is 13.1. The molecule has 2 aromatic carbocycles. The molecule has 0 bridgehead atoms. The molecule has 0 spiro atoms. The summed E-state index contributed by atoms with van der Waals surface area (Å²) < 4.78 is 5.80. The van der Waals surface area contributed by atoms with Gasteiger partial charge in [0.2, 0.25) is 0 Å². The van der Waals surface area contributed by atoms with Gasteiger partial charge in [0.15, 0.2) is 0 Å². The summed E-state index contributed by atoms with van der Waals surface area (Å²) in [5, 5.41) is 2.13. The van der Waals surface area contributed by atoms with Gasteiger partial charge in [-0.15, -0.1) is 0 Å². The molecule has 4 heterocycles. The van der Waals surface area contributed by atoms with Gasteiger partial charge in [-0.05, 0) is 55.1 Å². The number of likely N-dealkylation sites (N-methyl/N-ethyl adjacent to an activating group) is 1. The van der Waals surface area contributed by atoms with Crippen LogP contribution in [0.2, 0.25) is 0 Å². The number of hydrogen-bond acceptors (Lipinski definition) is 5. The zero-order chi connectivity index (χ0) is 24.6. The van der Waals surface area contributed by atoms with Crippen molar-refractivity contribution in [1.82, 2.24) is 24.8 Å². The van der Waals surface area contributed by atoms with E-state index in [2.05, 4.69) is 33.0 Å². The van der Waals surface area contributed by atoms with E-state index in [4.69, 9.17) is 4.74 Å². The summed E-state index contributed by atoms with van der Waals surface area (Å²) in [7, 11) is 3.78. The maximum absolute atomic E-state index is 13.1. The Morgan fingerprint density at radius 1 is 0.944 bits per heavy atom. The smallest absolute Gasteiger partial charge is 0.253 e. The molecule has 180 valence electrons. The van der Waals surface area contributed by atoms with Crippen LogP contribution in [-0.4, -0.2) is 71.0 Å². The van der Waals surface area contributed by atoms with Crippen molar-refractivity contribution in [2.24, 2.45) is 0 Å². The second kappa shape index (κ2) is 9.09. The fourth-order valence-corrected chi connectivity index (χ4v) is 4.97. The van der Waals surface area contributed by atoms with Gasteiger partial charge in [-0.3, -0.25) is 14.8 Å². The molecule has 0 radical (unpaired) electrons. The number of piperazine rings is 1. The number of hydrogen-bond donors (Lipinski definition) is 1. The van der Waals surface area contributed by atoms with Gasteiger partial charge in [-0.25, -0.2) is 0 Å². The number of benzene rings is 2. The molecular weight excluding hydrogens is 450 g/mol. The summed E-state index contributed by atoms with van der Waals surface area (Å²) in [4.78, 5) is 29.6. The Labute approximate surface area is 209 Å². The monoisotopic (exact) mass is 477 g/mol. The van der Waals surface area contributed by atoms with Crippen LogP contribution in [0.15, 0.2) is 73.2 Å². The van der Waals surface area contributed by atoms with Gasteiger partial charge >= 0.3 is 0 Å². The number of aromatic nitrogens is 3. The number of methoxy groups -OCH3 is 1. The second-order valence-electron chi connectivity index (χ2n) is 9.22. The molecule has 7 heteroatoms. The van der Waals surface area contributed by atoms with E-state index in [1.165, 1.54) is 0 Å². The molecule has 3 aromatic heterocycles. The van der Waals surface area contributed by atoms with Crippen LogP contribution in [0.4, 0.5) is 0 Å². The molecule has 0 unspecified atom stereocenters. The molecule has 1 saturated heterocycles. The average molecular weight is 478 g/mol. The minimum absolute atomic E-state index is 0.0825. The summed E-state index contributed by atoms with van der Waals surface area (Å²) >= 11 is 0. The lowest BCUT2D eigenvalue weighted by atomic mass is 9.97. The van der Waals surface area contributed by atoms with E-state index in [0.29, 0.717) is 5.56 Å². The van der Waals surface area contributed by atoms with E-state index < -0.39 is 0 Å². The van der Waals surface area contributed by atoms with Crippen molar-refractivity contribution >= 4 is 27.7 Å². The van der Waals surface area contributed by atoms with E-state index in [1.54, 1.807) is 13.3 Å². The number of fused-ring (bicyclic) bond motifs is 3.